The minimum atomic E-state index is -0.259. The van der Waals surface area contributed by atoms with E-state index in [1.165, 1.54) is 17.7 Å². The van der Waals surface area contributed by atoms with Gasteiger partial charge in [0.2, 0.25) is 0 Å². The fourth-order valence-corrected chi connectivity index (χ4v) is 3.00. The van der Waals surface area contributed by atoms with Crippen molar-refractivity contribution in [2.45, 2.75) is 13.0 Å². The van der Waals surface area contributed by atoms with Gasteiger partial charge in [0, 0.05) is 18.4 Å². The lowest BCUT2D eigenvalue weighted by molar-refractivity contribution is 0.629. The lowest BCUT2D eigenvalue weighted by Crippen LogP contribution is -2.05. The van der Waals surface area contributed by atoms with E-state index in [2.05, 4.69) is 26.4 Å². The summed E-state index contributed by atoms with van der Waals surface area (Å²) < 4.78 is 15.4. The first-order valence-corrected chi connectivity index (χ1v) is 7.47. The molecule has 2 aromatic heterocycles. The number of hydrogen-bond donors (Lipinski definition) is 0. The molecule has 2 heterocycles. The Kier molecular flexibility index (Phi) is 3.53. The number of thiophene rings is 1. The van der Waals surface area contributed by atoms with Gasteiger partial charge in [-0.2, -0.15) is 11.3 Å². The van der Waals surface area contributed by atoms with Crippen molar-refractivity contribution in [3.8, 4) is 0 Å². The first kappa shape index (κ1) is 12.6. The Bertz CT molecular complexity index is 691. The Morgan fingerprint density at radius 1 is 1.32 bits per heavy atom. The van der Waals surface area contributed by atoms with Gasteiger partial charge in [-0.15, -0.1) is 11.6 Å². The van der Waals surface area contributed by atoms with Gasteiger partial charge in [0.05, 0.1) is 17.6 Å². The molecule has 3 rings (SSSR count). The summed E-state index contributed by atoms with van der Waals surface area (Å²) in [5, 5.41) is 4.16. The normalized spacial score (nSPS) is 11.3. The van der Waals surface area contributed by atoms with E-state index in [0.29, 0.717) is 17.8 Å². The number of rotatable bonds is 4. The standard InChI is InChI=1S/C14H12ClFN2S/c15-5-3-14-17-12-7-11(16)1-2-13(12)18(14)8-10-4-6-19-9-10/h1-2,4,6-7,9H,3,5,8H2. The molecule has 5 heteroatoms. The molecule has 0 aliphatic heterocycles. The van der Waals surface area contributed by atoms with Crippen LogP contribution in [0.5, 0.6) is 0 Å². The third-order valence-electron chi connectivity index (χ3n) is 3.03. The molecule has 0 saturated carbocycles. The Morgan fingerprint density at radius 3 is 2.95 bits per heavy atom. The topological polar surface area (TPSA) is 17.8 Å². The van der Waals surface area contributed by atoms with Crippen LogP contribution in [-0.2, 0) is 13.0 Å². The molecule has 98 valence electrons. The number of imidazole rings is 1. The molecule has 0 aliphatic rings. The predicted molar refractivity (Wildman–Crippen MR) is 77.5 cm³/mol. The van der Waals surface area contributed by atoms with Crippen LogP contribution in [0.15, 0.2) is 35.0 Å². The molecule has 2 nitrogen and oxygen atoms in total. The largest absolute Gasteiger partial charge is 0.323 e. The Hall–Kier alpha value is -1.39. The first-order valence-electron chi connectivity index (χ1n) is 5.99. The molecule has 0 atom stereocenters. The Labute approximate surface area is 119 Å². The number of halogens is 2. The summed E-state index contributed by atoms with van der Waals surface area (Å²) in [4.78, 5) is 4.49. The monoisotopic (exact) mass is 294 g/mol. The van der Waals surface area contributed by atoms with Crippen LogP contribution in [0.2, 0.25) is 0 Å². The van der Waals surface area contributed by atoms with Crippen LogP contribution in [0.1, 0.15) is 11.4 Å². The lowest BCUT2D eigenvalue weighted by atomic mass is 10.3. The molecule has 3 aromatic rings. The Morgan fingerprint density at radius 2 is 2.21 bits per heavy atom. The summed E-state index contributed by atoms with van der Waals surface area (Å²) in [6.45, 7) is 0.748. The summed E-state index contributed by atoms with van der Waals surface area (Å²) in [5.74, 6) is 1.15. The van der Waals surface area contributed by atoms with Gasteiger partial charge in [0.25, 0.3) is 0 Å². The van der Waals surface area contributed by atoms with E-state index in [-0.39, 0.29) is 5.82 Å². The van der Waals surface area contributed by atoms with E-state index >= 15 is 0 Å². The second-order valence-corrected chi connectivity index (χ2v) is 5.48. The van der Waals surface area contributed by atoms with Gasteiger partial charge >= 0.3 is 0 Å². The average Bonchev–Trinajstić information content (AvgIpc) is 2.99. The molecule has 19 heavy (non-hydrogen) atoms. The molecule has 0 aliphatic carbocycles. The number of benzene rings is 1. The van der Waals surface area contributed by atoms with Gasteiger partial charge in [-0.05, 0) is 34.5 Å². The maximum atomic E-state index is 13.3. The van der Waals surface area contributed by atoms with E-state index < -0.39 is 0 Å². The van der Waals surface area contributed by atoms with Gasteiger partial charge in [0.15, 0.2) is 0 Å². The number of aryl methyl sites for hydroxylation is 1. The SMILES string of the molecule is Fc1ccc2c(c1)nc(CCCl)n2Cc1ccsc1. The number of aromatic nitrogens is 2. The third-order valence-corrected chi connectivity index (χ3v) is 3.95. The van der Waals surface area contributed by atoms with Gasteiger partial charge in [0.1, 0.15) is 11.6 Å². The zero-order valence-electron chi connectivity index (χ0n) is 10.1. The third kappa shape index (κ3) is 2.51. The lowest BCUT2D eigenvalue weighted by Gasteiger charge is -2.07. The minimum Gasteiger partial charge on any atom is -0.323 e. The molecule has 0 unspecified atom stereocenters. The van der Waals surface area contributed by atoms with Gasteiger partial charge < -0.3 is 4.57 Å². The number of fused-ring (bicyclic) bond motifs is 1. The van der Waals surface area contributed by atoms with Crippen LogP contribution in [-0.4, -0.2) is 15.4 Å². The molecule has 0 bridgehead atoms. The molecule has 0 spiro atoms. The summed E-state index contributed by atoms with van der Waals surface area (Å²) in [5.41, 5.74) is 2.87. The number of hydrogen-bond acceptors (Lipinski definition) is 2. The molecule has 0 saturated heterocycles. The smallest absolute Gasteiger partial charge is 0.125 e. The summed E-state index contributed by atoms with van der Waals surface area (Å²) in [6, 6.07) is 6.81. The van der Waals surface area contributed by atoms with E-state index in [9.17, 15) is 4.39 Å². The van der Waals surface area contributed by atoms with E-state index in [1.807, 2.05) is 0 Å². The fraction of sp³-hybridized carbons (Fsp3) is 0.214. The fourth-order valence-electron chi connectivity index (χ4n) is 2.17. The van der Waals surface area contributed by atoms with Gasteiger partial charge in [-0.3, -0.25) is 0 Å². The summed E-state index contributed by atoms with van der Waals surface area (Å²) in [6.07, 6.45) is 0.683. The first-order chi connectivity index (χ1) is 9.28. The highest BCUT2D eigenvalue weighted by atomic mass is 35.5. The second-order valence-electron chi connectivity index (χ2n) is 4.32. The second kappa shape index (κ2) is 5.31. The van der Waals surface area contributed by atoms with Crippen LogP contribution in [0.4, 0.5) is 4.39 Å². The van der Waals surface area contributed by atoms with Crippen LogP contribution in [0.3, 0.4) is 0 Å². The number of nitrogens with zero attached hydrogens (tertiary/aromatic N) is 2. The summed E-state index contributed by atoms with van der Waals surface area (Å²) >= 11 is 7.49. The summed E-state index contributed by atoms with van der Waals surface area (Å²) in [7, 11) is 0. The highest BCUT2D eigenvalue weighted by molar-refractivity contribution is 7.07. The number of alkyl halides is 1. The van der Waals surface area contributed by atoms with Crippen LogP contribution < -0.4 is 0 Å². The predicted octanol–water partition coefficient (Wildman–Crippen LogP) is 4.07. The van der Waals surface area contributed by atoms with Crippen molar-refractivity contribution in [3.63, 3.8) is 0 Å². The van der Waals surface area contributed by atoms with Crippen molar-refractivity contribution in [1.29, 1.82) is 0 Å². The van der Waals surface area contributed by atoms with Crippen molar-refractivity contribution < 1.29 is 4.39 Å². The minimum absolute atomic E-state index is 0.259. The molecule has 0 N–H and O–H groups in total. The molecule has 0 radical (unpaired) electrons. The average molecular weight is 295 g/mol. The van der Waals surface area contributed by atoms with Crippen molar-refractivity contribution >= 4 is 34.0 Å². The molecule has 0 fully saturated rings. The Balaban J connectivity index is 2.10. The maximum Gasteiger partial charge on any atom is 0.125 e. The zero-order valence-corrected chi connectivity index (χ0v) is 11.7. The van der Waals surface area contributed by atoms with Crippen molar-refractivity contribution in [1.82, 2.24) is 9.55 Å². The molecular weight excluding hydrogens is 283 g/mol. The van der Waals surface area contributed by atoms with Crippen LogP contribution >= 0.6 is 22.9 Å². The maximum absolute atomic E-state index is 13.3. The zero-order chi connectivity index (χ0) is 13.2. The van der Waals surface area contributed by atoms with E-state index in [4.69, 9.17) is 11.6 Å². The van der Waals surface area contributed by atoms with E-state index in [0.717, 1.165) is 17.9 Å². The molecular formula is C14H12ClFN2S. The van der Waals surface area contributed by atoms with Crippen LogP contribution in [0, 0.1) is 5.82 Å². The molecule has 1 aromatic carbocycles. The highest BCUT2D eigenvalue weighted by Gasteiger charge is 2.11. The highest BCUT2D eigenvalue weighted by Crippen LogP contribution is 2.20. The van der Waals surface area contributed by atoms with Crippen molar-refractivity contribution in [2.75, 3.05) is 5.88 Å². The van der Waals surface area contributed by atoms with Gasteiger partial charge in [-0.25, -0.2) is 9.37 Å². The quantitative estimate of drug-likeness (QED) is 0.663. The van der Waals surface area contributed by atoms with Crippen molar-refractivity contribution in [2.24, 2.45) is 0 Å². The molecule has 0 amide bonds. The van der Waals surface area contributed by atoms with E-state index in [1.54, 1.807) is 17.4 Å². The van der Waals surface area contributed by atoms with Crippen molar-refractivity contribution in [3.05, 3.63) is 52.2 Å². The van der Waals surface area contributed by atoms with Gasteiger partial charge in [-0.1, -0.05) is 0 Å². The van der Waals surface area contributed by atoms with Crippen LogP contribution in [0.25, 0.3) is 11.0 Å².